The molecule has 2 N–H and O–H groups in total. The number of hydrogen-bond acceptors (Lipinski definition) is 4. The van der Waals surface area contributed by atoms with E-state index in [1.165, 1.54) is 12.5 Å². The van der Waals surface area contributed by atoms with Gasteiger partial charge in [0.1, 0.15) is 22.2 Å². The first kappa shape index (κ1) is 20.3. The van der Waals surface area contributed by atoms with E-state index in [2.05, 4.69) is 15.0 Å². The molecule has 0 aliphatic heterocycles. The van der Waals surface area contributed by atoms with Crippen molar-refractivity contribution in [3.63, 3.8) is 0 Å². The van der Waals surface area contributed by atoms with Gasteiger partial charge >= 0.3 is 0 Å². The highest BCUT2D eigenvalue weighted by molar-refractivity contribution is 5.50. The third-order valence-corrected chi connectivity index (χ3v) is 3.98. The molecule has 0 unspecified atom stereocenters. The first-order valence-corrected chi connectivity index (χ1v) is 8.32. The van der Waals surface area contributed by atoms with Crippen LogP contribution in [0.2, 0.25) is 0 Å². The topological polar surface area (TPSA) is 91.8 Å². The number of nitrogens with zero attached hydrogens (tertiary/aromatic N) is 1. The zero-order chi connectivity index (χ0) is 21.5. The Morgan fingerprint density at radius 3 is 1.97 bits per heavy atom. The molecule has 0 fully saturated rings. The first-order chi connectivity index (χ1) is 13.5. The molecule has 2 aromatic heterocycles. The molecule has 152 valence electrons. The molecular weight excluding hydrogens is 394 g/mol. The third kappa shape index (κ3) is 3.91. The Kier molecular flexibility index (Phi) is 5.04. The quantitative estimate of drug-likeness (QED) is 0.497. The summed E-state index contributed by atoms with van der Waals surface area (Å²) in [5.41, 5.74) is -3.03. The smallest absolute Gasteiger partial charge is 0.272 e. The number of rotatable bonds is 2. The molecule has 0 radical (unpaired) electrons. The molecule has 29 heavy (non-hydrogen) atoms. The molecule has 0 aliphatic carbocycles. The summed E-state index contributed by atoms with van der Waals surface area (Å²) in [4.78, 5) is 32.9. The summed E-state index contributed by atoms with van der Waals surface area (Å²) in [6.45, 7) is 5.57. The molecule has 0 amide bonds. The van der Waals surface area contributed by atoms with Crippen molar-refractivity contribution in [2.75, 3.05) is 0 Å². The fourth-order valence-corrected chi connectivity index (χ4v) is 2.61. The van der Waals surface area contributed by atoms with E-state index in [-0.39, 0.29) is 11.4 Å². The van der Waals surface area contributed by atoms with Crippen molar-refractivity contribution in [2.24, 2.45) is 0 Å². The van der Waals surface area contributed by atoms with Crippen molar-refractivity contribution in [3.8, 4) is 0 Å². The Hall–Kier alpha value is -3.43. The van der Waals surface area contributed by atoms with Gasteiger partial charge in [0.15, 0.2) is 29.7 Å². The van der Waals surface area contributed by atoms with Crippen LogP contribution in [0.3, 0.4) is 0 Å². The number of oxazole rings is 1. The Bertz CT molecular complexity index is 1300. The predicted octanol–water partition coefficient (Wildman–Crippen LogP) is 1.56. The molecule has 0 bridgehead atoms. The Morgan fingerprint density at radius 2 is 1.45 bits per heavy atom. The van der Waals surface area contributed by atoms with Gasteiger partial charge in [0, 0.05) is 11.5 Å². The SMILES string of the molecule is CC(C)(C)c1ocnc1/C=c1\[nH]c(=O)/c(=C/c2c(F)c(F)cc(F)c2F)[nH]c1=O. The van der Waals surface area contributed by atoms with Crippen LogP contribution in [-0.2, 0) is 5.41 Å². The summed E-state index contributed by atoms with van der Waals surface area (Å²) < 4.78 is 59.6. The van der Waals surface area contributed by atoms with Crippen molar-refractivity contribution in [2.45, 2.75) is 26.2 Å². The highest BCUT2D eigenvalue weighted by Gasteiger charge is 2.22. The fourth-order valence-electron chi connectivity index (χ4n) is 2.61. The normalized spacial score (nSPS) is 13.3. The molecule has 3 aromatic rings. The van der Waals surface area contributed by atoms with Gasteiger partial charge in [-0.3, -0.25) is 9.59 Å². The van der Waals surface area contributed by atoms with Gasteiger partial charge in [0.2, 0.25) is 0 Å². The predicted molar refractivity (Wildman–Crippen MR) is 95.5 cm³/mol. The second kappa shape index (κ2) is 7.19. The lowest BCUT2D eigenvalue weighted by molar-refractivity contribution is 0.407. The number of halogens is 4. The molecule has 0 saturated carbocycles. The van der Waals surface area contributed by atoms with Gasteiger partial charge in [-0.25, -0.2) is 22.5 Å². The molecule has 2 heterocycles. The van der Waals surface area contributed by atoms with Crippen LogP contribution in [0.5, 0.6) is 0 Å². The monoisotopic (exact) mass is 409 g/mol. The van der Waals surface area contributed by atoms with E-state index in [0.29, 0.717) is 17.5 Å². The molecule has 0 saturated heterocycles. The minimum Gasteiger partial charge on any atom is -0.447 e. The summed E-state index contributed by atoms with van der Waals surface area (Å²) in [5, 5.41) is -0.788. The van der Waals surface area contributed by atoms with Crippen molar-refractivity contribution in [1.29, 1.82) is 0 Å². The van der Waals surface area contributed by atoms with E-state index in [9.17, 15) is 27.2 Å². The van der Waals surface area contributed by atoms with Crippen LogP contribution in [0, 0.1) is 23.3 Å². The summed E-state index contributed by atoms with van der Waals surface area (Å²) >= 11 is 0. The summed E-state index contributed by atoms with van der Waals surface area (Å²) in [6, 6.07) is 0.0394. The fraction of sp³-hybridized carbons (Fsp3) is 0.211. The lowest BCUT2D eigenvalue weighted by Gasteiger charge is -2.14. The van der Waals surface area contributed by atoms with Gasteiger partial charge in [-0.1, -0.05) is 20.8 Å². The summed E-state index contributed by atoms with van der Waals surface area (Å²) in [6.07, 6.45) is 2.97. The zero-order valence-corrected chi connectivity index (χ0v) is 15.5. The summed E-state index contributed by atoms with van der Waals surface area (Å²) in [5.74, 6) is -6.21. The van der Waals surface area contributed by atoms with Crippen LogP contribution in [0.4, 0.5) is 17.6 Å². The molecular formula is C19H15F4N3O3. The largest absolute Gasteiger partial charge is 0.447 e. The molecule has 0 aliphatic rings. The molecule has 10 heteroatoms. The van der Waals surface area contributed by atoms with Gasteiger partial charge in [-0.2, -0.15) is 0 Å². The Balaban J connectivity index is 2.22. The van der Waals surface area contributed by atoms with Crippen molar-refractivity contribution < 1.29 is 22.0 Å². The highest BCUT2D eigenvalue weighted by atomic mass is 19.2. The Labute approximate surface area is 160 Å². The maximum atomic E-state index is 13.8. The minimum absolute atomic E-state index is 0.0394. The third-order valence-electron chi connectivity index (χ3n) is 3.98. The number of hydrogen-bond donors (Lipinski definition) is 2. The molecule has 3 rings (SSSR count). The van der Waals surface area contributed by atoms with Crippen molar-refractivity contribution in [3.05, 3.63) is 84.2 Å². The highest BCUT2D eigenvalue weighted by Crippen LogP contribution is 2.25. The van der Waals surface area contributed by atoms with Crippen molar-refractivity contribution in [1.82, 2.24) is 15.0 Å². The van der Waals surface area contributed by atoms with Crippen LogP contribution in [0.25, 0.3) is 12.2 Å². The van der Waals surface area contributed by atoms with Gasteiger partial charge in [-0.15, -0.1) is 0 Å². The van der Waals surface area contributed by atoms with Crippen LogP contribution in [-0.4, -0.2) is 15.0 Å². The van der Waals surface area contributed by atoms with Gasteiger partial charge in [-0.05, 0) is 12.2 Å². The standard InChI is InChI=1S/C19H15F4N3O3/c1-19(2,3)16-11(24-7-29-16)6-13-18(28)25-12(17(27)26-13)4-8-14(22)9(20)5-10(21)15(8)23/h4-7H,1-3H3,(H,25,28)(H,26,27)/b12-4-,13-6-. The Morgan fingerprint density at radius 1 is 0.931 bits per heavy atom. The average molecular weight is 409 g/mol. The minimum atomic E-state index is -1.70. The van der Waals surface area contributed by atoms with Crippen LogP contribution >= 0.6 is 0 Å². The van der Waals surface area contributed by atoms with E-state index in [1.807, 2.05) is 20.8 Å². The van der Waals surface area contributed by atoms with Gasteiger partial charge in [0.25, 0.3) is 11.1 Å². The van der Waals surface area contributed by atoms with Crippen LogP contribution < -0.4 is 21.8 Å². The molecule has 0 spiro atoms. The molecule has 0 atom stereocenters. The zero-order valence-electron chi connectivity index (χ0n) is 15.5. The summed E-state index contributed by atoms with van der Waals surface area (Å²) in [7, 11) is 0. The number of aromatic nitrogens is 3. The second-order valence-electron chi connectivity index (χ2n) is 7.22. The van der Waals surface area contributed by atoms with Crippen LogP contribution in [0.15, 0.2) is 26.5 Å². The number of benzene rings is 1. The second-order valence-corrected chi connectivity index (χ2v) is 7.22. The van der Waals surface area contributed by atoms with Gasteiger partial charge < -0.3 is 14.4 Å². The first-order valence-electron chi connectivity index (χ1n) is 8.32. The number of H-pyrrole nitrogens is 2. The van der Waals surface area contributed by atoms with E-state index < -0.39 is 50.7 Å². The van der Waals surface area contributed by atoms with E-state index in [4.69, 9.17) is 4.42 Å². The maximum absolute atomic E-state index is 13.8. The molecule has 1 aromatic carbocycles. The van der Waals surface area contributed by atoms with E-state index in [0.717, 1.165) is 0 Å². The van der Waals surface area contributed by atoms with Gasteiger partial charge in [0.05, 0.1) is 5.56 Å². The van der Waals surface area contributed by atoms with E-state index in [1.54, 1.807) is 0 Å². The number of aromatic amines is 2. The average Bonchev–Trinajstić information content (AvgIpc) is 3.09. The van der Waals surface area contributed by atoms with Crippen LogP contribution in [0.1, 0.15) is 37.8 Å². The number of nitrogens with one attached hydrogen (secondary N) is 2. The molecule has 6 nitrogen and oxygen atoms in total. The lowest BCUT2D eigenvalue weighted by Crippen LogP contribution is -2.47. The van der Waals surface area contributed by atoms with Crippen molar-refractivity contribution >= 4 is 12.2 Å². The van der Waals surface area contributed by atoms with E-state index >= 15 is 0 Å². The maximum Gasteiger partial charge on any atom is 0.272 e. The lowest BCUT2D eigenvalue weighted by atomic mass is 9.92.